The summed E-state index contributed by atoms with van der Waals surface area (Å²) < 4.78 is 12.3. The summed E-state index contributed by atoms with van der Waals surface area (Å²) in [6.07, 6.45) is 15.7. The van der Waals surface area contributed by atoms with Crippen molar-refractivity contribution >= 4 is 5.69 Å². The lowest BCUT2D eigenvalue weighted by Crippen LogP contribution is -2.43. The lowest BCUT2D eigenvalue weighted by molar-refractivity contribution is -0.181. The summed E-state index contributed by atoms with van der Waals surface area (Å²) in [4.78, 5) is 2.19. The molecule has 0 amide bonds. The highest BCUT2D eigenvalue weighted by atomic mass is 16.7. The largest absolute Gasteiger partial charge is 0.378 e. The van der Waals surface area contributed by atoms with Crippen molar-refractivity contribution in [1.29, 1.82) is 0 Å². The number of terminal acetylenes is 1. The van der Waals surface area contributed by atoms with E-state index >= 15 is 0 Å². The van der Waals surface area contributed by atoms with Gasteiger partial charge in [0.1, 0.15) is 0 Å². The first-order chi connectivity index (χ1) is 15.6. The predicted octanol–water partition coefficient (Wildman–Crippen LogP) is 5.77. The van der Waals surface area contributed by atoms with Crippen LogP contribution in [0.25, 0.3) is 0 Å². The van der Waals surface area contributed by atoms with Crippen LogP contribution in [0.5, 0.6) is 0 Å². The molecule has 6 rings (SSSR count). The molecule has 0 N–H and O–H groups in total. The molecular formula is C29H37NO2. The summed E-state index contributed by atoms with van der Waals surface area (Å²) in [6, 6.07) is 9.38. The van der Waals surface area contributed by atoms with E-state index in [4.69, 9.17) is 15.9 Å². The highest BCUT2D eigenvalue weighted by Gasteiger charge is 2.52. The molecule has 3 saturated carbocycles. The van der Waals surface area contributed by atoms with Gasteiger partial charge in [-0.25, -0.2) is 0 Å². The van der Waals surface area contributed by atoms with E-state index in [2.05, 4.69) is 49.2 Å². The van der Waals surface area contributed by atoms with Crippen LogP contribution < -0.4 is 4.90 Å². The van der Waals surface area contributed by atoms with E-state index in [1.165, 1.54) is 43.4 Å². The Balaban J connectivity index is 1.40. The van der Waals surface area contributed by atoms with Gasteiger partial charge in [0.05, 0.1) is 13.2 Å². The normalized spacial score (nSPS) is 37.5. The van der Waals surface area contributed by atoms with Gasteiger partial charge in [0.2, 0.25) is 0 Å². The third kappa shape index (κ3) is 3.25. The van der Waals surface area contributed by atoms with Crippen LogP contribution in [0.2, 0.25) is 0 Å². The second-order valence-electron chi connectivity index (χ2n) is 11.1. The summed E-state index contributed by atoms with van der Waals surface area (Å²) in [5, 5.41) is 0. The molecule has 4 aliphatic carbocycles. The van der Waals surface area contributed by atoms with Crippen molar-refractivity contribution in [2.45, 2.75) is 63.1 Å². The quantitative estimate of drug-likeness (QED) is 0.439. The van der Waals surface area contributed by atoms with Crippen molar-refractivity contribution in [3.05, 3.63) is 41.0 Å². The summed E-state index contributed by atoms with van der Waals surface area (Å²) in [6.45, 7) is 1.53. The molecule has 6 unspecified atom stereocenters. The Bertz CT molecular complexity index is 933. The highest BCUT2D eigenvalue weighted by molar-refractivity contribution is 5.49. The third-order valence-corrected chi connectivity index (χ3v) is 9.54. The summed E-state index contributed by atoms with van der Waals surface area (Å²) in [5.41, 5.74) is 6.36. The van der Waals surface area contributed by atoms with Crippen molar-refractivity contribution in [3.63, 3.8) is 0 Å². The second-order valence-corrected chi connectivity index (χ2v) is 11.1. The Labute approximate surface area is 193 Å². The minimum atomic E-state index is -0.288. The predicted molar refractivity (Wildman–Crippen MR) is 128 cm³/mol. The Kier molecular flexibility index (Phi) is 5.16. The van der Waals surface area contributed by atoms with Crippen LogP contribution in [0.15, 0.2) is 35.4 Å². The van der Waals surface area contributed by atoms with E-state index in [1.807, 2.05) is 5.57 Å². The van der Waals surface area contributed by atoms with Crippen molar-refractivity contribution in [3.8, 4) is 12.3 Å². The van der Waals surface area contributed by atoms with Gasteiger partial charge in [0.25, 0.3) is 0 Å². The van der Waals surface area contributed by atoms with Crippen LogP contribution in [0.4, 0.5) is 5.69 Å². The molecule has 4 fully saturated rings. The molecule has 1 aromatic carbocycles. The zero-order chi connectivity index (χ0) is 21.9. The number of ether oxygens (including phenoxy) is 2. The molecule has 170 valence electrons. The Morgan fingerprint density at radius 2 is 1.78 bits per heavy atom. The molecule has 3 heteroatoms. The molecule has 1 saturated heterocycles. The Morgan fingerprint density at radius 1 is 1.00 bits per heavy atom. The van der Waals surface area contributed by atoms with E-state index in [0.717, 1.165) is 44.3 Å². The van der Waals surface area contributed by atoms with Crippen molar-refractivity contribution in [1.82, 2.24) is 0 Å². The fourth-order valence-electron chi connectivity index (χ4n) is 8.11. The van der Waals surface area contributed by atoms with Gasteiger partial charge in [0.15, 0.2) is 5.79 Å². The maximum atomic E-state index is 6.14. The summed E-state index contributed by atoms with van der Waals surface area (Å²) in [5.74, 6) is 6.77. The third-order valence-electron chi connectivity index (χ3n) is 9.54. The van der Waals surface area contributed by atoms with E-state index in [9.17, 15) is 0 Å². The summed E-state index contributed by atoms with van der Waals surface area (Å²) in [7, 11) is 4.24. The zero-order valence-electron chi connectivity index (χ0n) is 19.7. The van der Waals surface area contributed by atoms with E-state index in [-0.39, 0.29) is 5.79 Å². The van der Waals surface area contributed by atoms with Gasteiger partial charge >= 0.3 is 0 Å². The van der Waals surface area contributed by atoms with E-state index in [1.54, 1.807) is 5.57 Å². The maximum Gasteiger partial charge on any atom is 0.169 e. The van der Waals surface area contributed by atoms with Crippen LogP contribution in [0.1, 0.15) is 62.8 Å². The number of allylic oxidation sites excluding steroid dienone is 2. The number of hydrogen-bond donors (Lipinski definition) is 0. The molecule has 6 atom stereocenters. The zero-order valence-corrected chi connectivity index (χ0v) is 19.7. The fourth-order valence-corrected chi connectivity index (χ4v) is 8.11. The monoisotopic (exact) mass is 431 g/mol. The van der Waals surface area contributed by atoms with E-state index in [0.29, 0.717) is 23.7 Å². The molecule has 32 heavy (non-hydrogen) atoms. The summed E-state index contributed by atoms with van der Waals surface area (Å²) >= 11 is 0. The van der Waals surface area contributed by atoms with Gasteiger partial charge in [-0.3, -0.25) is 0 Å². The number of fused-ring (bicyclic) bond motifs is 4. The SMILES string of the molecule is C#CC1CCC2C3CCC4CC5(CCC4=C3C(c3ccc(N(C)C)cc3)CC12)OCCO5. The smallest absolute Gasteiger partial charge is 0.169 e. The van der Waals surface area contributed by atoms with Crippen molar-refractivity contribution in [2.75, 3.05) is 32.2 Å². The topological polar surface area (TPSA) is 21.7 Å². The number of benzene rings is 1. The van der Waals surface area contributed by atoms with Crippen LogP contribution in [-0.2, 0) is 9.47 Å². The maximum absolute atomic E-state index is 6.14. The minimum Gasteiger partial charge on any atom is -0.378 e. The highest BCUT2D eigenvalue weighted by Crippen LogP contribution is 2.61. The molecule has 3 nitrogen and oxygen atoms in total. The molecule has 0 aromatic heterocycles. The molecule has 1 aliphatic heterocycles. The Hall–Kier alpha value is -1.76. The van der Waals surface area contributed by atoms with Crippen LogP contribution >= 0.6 is 0 Å². The van der Waals surface area contributed by atoms with Gasteiger partial charge in [0, 0.05) is 44.5 Å². The first-order valence-corrected chi connectivity index (χ1v) is 12.8. The Morgan fingerprint density at radius 3 is 2.50 bits per heavy atom. The first-order valence-electron chi connectivity index (χ1n) is 12.8. The van der Waals surface area contributed by atoms with E-state index < -0.39 is 0 Å². The van der Waals surface area contributed by atoms with Gasteiger partial charge in [-0.2, -0.15) is 0 Å². The number of hydrogen-bond acceptors (Lipinski definition) is 3. The molecule has 1 aromatic rings. The van der Waals surface area contributed by atoms with Gasteiger partial charge in [-0.15, -0.1) is 12.3 Å². The first kappa shape index (κ1) is 20.8. The fraction of sp³-hybridized carbons (Fsp3) is 0.655. The molecule has 1 heterocycles. The van der Waals surface area contributed by atoms with Gasteiger partial charge in [-0.05, 0) is 79.9 Å². The van der Waals surface area contributed by atoms with Crippen LogP contribution in [-0.4, -0.2) is 33.1 Å². The minimum absolute atomic E-state index is 0.288. The molecular weight excluding hydrogens is 394 g/mol. The standard InChI is InChI=1S/C29H37NO2/c1-4-19-7-11-24-25-12-8-21-18-29(31-15-16-32-29)14-13-23(21)28(25)27(17-26(19)24)20-5-9-22(10-6-20)30(2)3/h1,5-6,9-10,19,21,24-27H,7-8,11-18H2,2-3H3. The average molecular weight is 432 g/mol. The molecule has 1 spiro atoms. The lowest BCUT2D eigenvalue weighted by Gasteiger charge is -2.50. The lowest BCUT2D eigenvalue weighted by atomic mass is 9.56. The second kappa shape index (κ2) is 7.93. The molecule has 0 radical (unpaired) electrons. The van der Waals surface area contributed by atoms with Gasteiger partial charge in [-0.1, -0.05) is 23.3 Å². The van der Waals surface area contributed by atoms with Crippen LogP contribution in [0.3, 0.4) is 0 Å². The van der Waals surface area contributed by atoms with Gasteiger partial charge < -0.3 is 14.4 Å². The molecule has 0 bridgehead atoms. The molecule has 5 aliphatic rings. The number of rotatable bonds is 2. The van der Waals surface area contributed by atoms with Crippen LogP contribution in [0, 0.1) is 41.9 Å². The average Bonchev–Trinajstić information content (AvgIpc) is 3.45. The van der Waals surface area contributed by atoms with Crippen molar-refractivity contribution in [2.24, 2.45) is 29.6 Å². The number of anilines is 1. The number of nitrogens with zero attached hydrogens (tertiary/aromatic N) is 1. The van der Waals surface area contributed by atoms with Crippen molar-refractivity contribution < 1.29 is 9.47 Å².